The Morgan fingerprint density at radius 1 is 0.833 bits per heavy atom. The van der Waals surface area contributed by atoms with Gasteiger partial charge in [-0.05, 0) is 29.8 Å². The topological polar surface area (TPSA) is 43.6 Å². The van der Waals surface area contributed by atoms with Crippen LogP contribution in [0.1, 0.15) is 11.4 Å². The lowest BCUT2D eigenvalue weighted by Gasteiger charge is -2.05. The van der Waals surface area contributed by atoms with Crippen LogP contribution in [0.2, 0.25) is 0 Å². The molecule has 0 unspecified atom stereocenters. The third-order valence-electron chi connectivity index (χ3n) is 3.61. The number of benzene rings is 2. The number of nitrogens with zero attached hydrogens (tertiary/aromatic N) is 4. The summed E-state index contributed by atoms with van der Waals surface area (Å²) in [7, 11) is 0. The molecule has 2 aromatic carbocycles. The van der Waals surface area contributed by atoms with E-state index in [4.69, 9.17) is 4.98 Å². The molecule has 0 aliphatic rings. The maximum absolute atomic E-state index is 4.72. The van der Waals surface area contributed by atoms with Crippen molar-refractivity contribution in [2.45, 2.75) is 0 Å². The van der Waals surface area contributed by atoms with Crippen LogP contribution in [0.5, 0.6) is 0 Å². The molecule has 4 nitrogen and oxygen atoms in total. The number of hydrogen-bond donors (Lipinski definition) is 0. The SMILES string of the molecule is C(=C\c1nc2ccccc2n1-c1ccncn1)/c1ccccc1.Cl. The molecule has 0 bridgehead atoms. The lowest BCUT2D eigenvalue weighted by molar-refractivity contribution is 0.981. The second-order valence-corrected chi connectivity index (χ2v) is 5.11. The van der Waals surface area contributed by atoms with Gasteiger partial charge in [0.1, 0.15) is 18.0 Å². The largest absolute Gasteiger partial charge is 0.277 e. The van der Waals surface area contributed by atoms with E-state index in [0.717, 1.165) is 28.2 Å². The van der Waals surface area contributed by atoms with Crippen molar-refractivity contribution >= 4 is 35.6 Å². The van der Waals surface area contributed by atoms with Crippen LogP contribution in [-0.2, 0) is 0 Å². The Bertz CT molecular complexity index is 963. The number of hydrogen-bond acceptors (Lipinski definition) is 3. The zero-order valence-electron chi connectivity index (χ0n) is 12.8. The van der Waals surface area contributed by atoms with Gasteiger partial charge >= 0.3 is 0 Å². The van der Waals surface area contributed by atoms with Gasteiger partial charge in [-0.25, -0.2) is 15.0 Å². The van der Waals surface area contributed by atoms with Gasteiger partial charge in [0.05, 0.1) is 11.0 Å². The molecule has 0 amide bonds. The van der Waals surface area contributed by atoms with Crippen LogP contribution in [0, 0.1) is 0 Å². The highest BCUT2D eigenvalue weighted by Crippen LogP contribution is 2.21. The van der Waals surface area contributed by atoms with Crippen molar-refractivity contribution in [3.63, 3.8) is 0 Å². The Labute approximate surface area is 145 Å². The summed E-state index contributed by atoms with van der Waals surface area (Å²) < 4.78 is 2.04. The van der Waals surface area contributed by atoms with E-state index < -0.39 is 0 Å². The number of imidazole rings is 1. The first-order valence-electron chi connectivity index (χ1n) is 7.39. The minimum atomic E-state index is 0. The zero-order chi connectivity index (χ0) is 15.5. The van der Waals surface area contributed by atoms with Gasteiger partial charge in [-0.2, -0.15) is 0 Å². The van der Waals surface area contributed by atoms with E-state index in [1.807, 2.05) is 59.2 Å². The summed E-state index contributed by atoms with van der Waals surface area (Å²) in [5, 5.41) is 0. The zero-order valence-corrected chi connectivity index (χ0v) is 13.6. The molecule has 0 atom stereocenters. The van der Waals surface area contributed by atoms with E-state index in [1.165, 1.54) is 0 Å². The quantitative estimate of drug-likeness (QED) is 0.557. The summed E-state index contributed by atoms with van der Waals surface area (Å²) in [5.74, 6) is 1.65. The van der Waals surface area contributed by atoms with E-state index >= 15 is 0 Å². The molecule has 2 aromatic heterocycles. The Balaban J connectivity index is 0.00000169. The van der Waals surface area contributed by atoms with Crippen molar-refractivity contribution < 1.29 is 0 Å². The summed E-state index contributed by atoms with van der Waals surface area (Å²) in [6.07, 6.45) is 7.35. The molecule has 0 aliphatic heterocycles. The molecular weight excluding hydrogens is 320 g/mol. The predicted molar refractivity (Wildman–Crippen MR) is 99.3 cm³/mol. The second kappa shape index (κ2) is 7.06. The lowest BCUT2D eigenvalue weighted by Crippen LogP contribution is -1.99. The molecule has 0 saturated heterocycles. The van der Waals surface area contributed by atoms with Crippen LogP contribution in [-0.4, -0.2) is 19.5 Å². The molecule has 2 heterocycles. The van der Waals surface area contributed by atoms with Crippen molar-refractivity contribution in [1.29, 1.82) is 0 Å². The van der Waals surface area contributed by atoms with E-state index in [9.17, 15) is 0 Å². The van der Waals surface area contributed by atoms with Crippen molar-refractivity contribution in [3.8, 4) is 5.82 Å². The molecule has 5 heteroatoms. The third kappa shape index (κ3) is 3.05. The highest BCUT2D eigenvalue weighted by Gasteiger charge is 2.10. The van der Waals surface area contributed by atoms with E-state index in [0.29, 0.717) is 0 Å². The average Bonchev–Trinajstić information content (AvgIpc) is 3.00. The van der Waals surface area contributed by atoms with Gasteiger partial charge in [0.15, 0.2) is 0 Å². The molecule has 0 saturated carbocycles. The molecular formula is C19H15ClN4. The van der Waals surface area contributed by atoms with Gasteiger partial charge < -0.3 is 0 Å². The second-order valence-electron chi connectivity index (χ2n) is 5.11. The van der Waals surface area contributed by atoms with Gasteiger partial charge in [0.2, 0.25) is 0 Å². The minimum absolute atomic E-state index is 0. The van der Waals surface area contributed by atoms with Gasteiger partial charge in [0.25, 0.3) is 0 Å². The Morgan fingerprint density at radius 2 is 1.62 bits per heavy atom. The van der Waals surface area contributed by atoms with Gasteiger partial charge in [0, 0.05) is 6.20 Å². The fraction of sp³-hybridized carbons (Fsp3) is 0. The highest BCUT2D eigenvalue weighted by molar-refractivity contribution is 5.85. The molecule has 118 valence electrons. The maximum atomic E-state index is 4.72. The fourth-order valence-electron chi connectivity index (χ4n) is 2.55. The number of fused-ring (bicyclic) bond motifs is 1. The Kier molecular flexibility index (Phi) is 4.68. The smallest absolute Gasteiger partial charge is 0.142 e. The molecule has 24 heavy (non-hydrogen) atoms. The van der Waals surface area contributed by atoms with Crippen molar-refractivity contribution in [3.05, 3.63) is 84.6 Å². The van der Waals surface area contributed by atoms with E-state index in [2.05, 4.69) is 28.2 Å². The van der Waals surface area contributed by atoms with Gasteiger partial charge in [-0.1, -0.05) is 48.5 Å². The molecule has 0 aliphatic carbocycles. The summed E-state index contributed by atoms with van der Waals surface area (Å²) in [6, 6.07) is 20.1. The fourth-order valence-corrected chi connectivity index (χ4v) is 2.55. The molecule has 0 radical (unpaired) electrons. The summed E-state index contributed by atoms with van der Waals surface area (Å²) in [4.78, 5) is 13.1. The summed E-state index contributed by atoms with van der Waals surface area (Å²) in [6.45, 7) is 0. The van der Waals surface area contributed by atoms with Gasteiger partial charge in [-0.3, -0.25) is 4.57 Å². The maximum Gasteiger partial charge on any atom is 0.142 e. The van der Waals surface area contributed by atoms with Gasteiger partial charge in [-0.15, -0.1) is 12.4 Å². The van der Waals surface area contributed by atoms with Crippen molar-refractivity contribution in [1.82, 2.24) is 19.5 Å². The van der Waals surface area contributed by atoms with Crippen LogP contribution in [0.25, 0.3) is 29.0 Å². The summed E-state index contributed by atoms with van der Waals surface area (Å²) >= 11 is 0. The van der Waals surface area contributed by atoms with Crippen LogP contribution < -0.4 is 0 Å². The van der Waals surface area contributed by atoms with Crippen molar-refractivity contribution in [2.24, 2.45) is 0 Å². The minimum Gasteiger partial charge on any atom is -0.277 e. The van der Waals surface area contributed by atoms with Crippen molar-refractivity contribution in [2.75, 3.05) is 0 Å². The highest BCUT2D eigenvalue weighted by atomic mass is 35.5. The number of halogens is 1. The van der Waals surface area contributed by atoms with Crippen LogP contribution >= 0.6 is 12.4 Å². The first kappa shape index (κ1) is 15.9. The number of aromatic nitrogens is 4. The Morgan fingerprint density at radius 3 is 2.42 bits per heavy atom. The van der Waals surface area contributed by atoms with Crippen LogP contribution in [0.3, 0.4) is 0 Å². The molecule has 4 aromatic rings. The molecule has 0 fully saturated rings. The predicted octanol–water partition coefficient (Wildman–Crippen LogP) is 4.41. The monoisotopic (exact) mass is 334 g/mol. The number of rotatable bonds is 3. The first-order chi connectivity index (χ1) is 11.4. The molecule has 0 N–H and O–H groups in total. The lowest BCUT2D eigenvalue weighted by atomic mass is 10.2. The summed E-state index contributed by atoms with van der Waals surface area (Å²) in [5.41, 5.74) is 3.10. The van der Waals surface area contributed by atoms with Crippen LogP contribution in [0.15, 0.2) is 73.2 Å². The third-order valence-corrected chi connectivity index (χ3v) is 3.61. The molecule has 4 rings (SSSR count). The Hall–Kier alpha value is -2.98. The van der Waals surface area contributed by atoms with E-state index in [-0.39, 0.29) is 12.4 Å². The van der Waals surface area contributed by atoms with Crippen LogP contribution in [0.4, 0.5) is 0 Å². The first-order valence-corrected chi connectivity index (χ1v) is 7.39. The standard InChI is InChI=1S/C19H14N4.ClH/c1-2-6-15(7-3-1)10-11-19-22-16-8-4-5-9-17(16)23(19)18-12-13-20-14-21-18;/h1-14H;1H/b11-10+;. The number of para-hydroxylation sites is 2. The van der Waals surface area contributed by atoms with E-state index in [1.54, 1.807) is 12.5 Å². The molecule has 0 spiro atoms. The normalized spacial score (nSPS) is 10.8. The average molecular weight is 335 g/mol.